The average Bonchev–Trinajstić information content (AvgIpc) is 2.53. The largest absolute Gasteiger partial charge is 0.481 e. The van der Waals surface area contributed by atoms with Crippen molar-refractivity contribution in [2.24, 2.45) is 0 Å². The molecule has 2 aromatic rings. The van der Waals surface area contributed by atoms with Gasteiger partial charge in [0.1, 0.15) is 0 Å². The number of hydrogen-bond acceptors (Lipinski definition) is 3. The fraction of sp³-hybridized carbons (Fsp3) is 0.176. The molecule has 0 saturated heterocycles. The predicted octanol–water partition coefficient (Wildman–Crippen LogP) is 3.76. The second-order valence-electron chi connectivity index (χ2n) is 4.87. The van der Waals surface area contributed by atoms with Crippen LogP contribution in [0.4, 0.5) is 0 Å². The number of nitrogens with one attached hydrogen (secondary N) is 1. The minimum atomic E-state index is -0.981. The van der Waals surface area contributed by atoms with Gasteiger partial charge in [-0.2, -0.15) is 0 Å². The number of halogens is 1. The first-order valence-corrected chi connectivity index (χ1v) is 8.35. The van der Waals surface area contributed by atoms with Crippen LogP contribution in [0.15, 0.2) is 59.5 Å². The van der Waals surface area contributed by atoms with Gasteiger partial charge in [-0.05, 0) is 29.8 Å². The zero-order valence-electron chi connectivity index (χ0n) is 12.2. The first-order valence-electron chi connectivity index (χ1n) is 6.99. The summed E-state index contributed by atoms with van der Waals surface area (Å²) in [6.07, 6.45) is -0.192. The van der Waals surface area contributed by atoms with Gasteiger partial charge in [0.05, 0.1) is 18.2 Å². The molecule has 0 aliphatic rings. The highest BCUT2D eigenvalue weighted by molar-refractivity contribution is 8.00. The maximum Gasteiger partial charge on any atom is 0.305 e. The van der Waals surface area contributed by atoms with Crippen molar-refractivity contribution in [3.8, 4) is 0 Å². The third-order valence-corrected chi connectivity index (χ3v) is 4.33. The van der Waals surface area contributed by atoms with E-state index in [0.717, 1.165) is 4.90 Å². The number of carboxylic acids is 1. The first-order chi connectivity index (χ1) is 11.0. The number of aliphatic carboxylic acids is 1. The van der Waals surface area contributed by atoms with Crippen molar-refractivity contribution in [1.29, 1.82) is 0 Å². The summed E-state index contributed by atoms with van der Waals surface area (Å²) in [4.78, 5) is 24.1. The average molecular weight is 350 g/mol. The number of carbonyl (C=O) groups excluding carboxylic acids is 1. The van der Waals surface area contributed by atoms with Gasteiger partial charge in [0.2, 0.25) is 5.91 Å². The number of carbonyl (C=O) groups is 2. The van der Waals surface area contributed by atoms with Crippen molar-refractivity contribution in [1.82, 2.24) is 5.32 Å². The normalized spacial score (nSPS) is 11.7. The van der Waals surface area contributed by atoms with E-state index >= 15 is 0 Å². The van der Waals surface area contributed by atoms with Crippen LogP contribution in [0.1, 0.15) is 18.0 Å². The molecule has 4 nitrogen and oxygen atoms in total. The fourth-order valence-corrected chi connectivity index (χ4v) is 2.98. The van der Waals surface area contributed by atoms with Crippen molar-refractivity contribution in [2.45, 2.75) is 17.4 Å². The van der Waals surface area contributed by atoms with Crippen LogP contribution in [0.3, 0.4) is 0 Å². The molecule has 0 aromatic heterocycles. The van der Waals surface area contributed by atoms with Crippen molar-refractivity contribution in [3.63, 3.8) is 0 Å². The van der Waals surface area contributed by atoms with Crippen LogP contribution < -0.4 is 5.32 Å². The summed E-state index contributed by atoms with van der Waals surface area (Å²) in [5.74, 6) is -0.975. The Morgan fingerprint density at radius 1 is 1.13 bits per heavy atom. The molecule has 0 saturated carbocycles. The third kappa shape index (κ3) is 5.96. The van der Waals surface area contributed by atoms with E-state index in [2.05, 4.69) is 5.32 Å². The van der Waals surface area contributed by atoms with E-state index < -0.39 is 12.0 Å². The summed E-state index contributed by atoms with van der Waals surface area (Å²) in [6.45, 7) is 0. The second-order valence-corrected chi connectivity index (χ2v) is 6.36. The van der Waals surface area contributed by atoms with Crippen molar-refractivity contribution < 1.29 is 14.7 Å². The Balaban J connectivity index is 1.99. The molecule has 0 spiro atoms. The molecule has 0 radical (unpaired) electrons. The van der Waals surface area contributed by atoms with Gasteiger partial charge in [-0.15, -0.1) is 11.8 Å². The Bertz CT molecular complexity index is 679. The lowest BCUT2D eigenvalue weighted by molar-refractivity contribution is -0.137. The lowest BCUT2D eigenvalue weighted by atomic mass is 10.0. The van der Waals surface area contributed by atoms with Crippen molar-refractivity contribution >= 4 is 35.2 Å². The number of benzene rings is 2. The molecule has 0 fully saturated rings. The molecule has 2 rings (SSSR count). The number of amides is 1. The number of rotatable bonds is 7. The third-order valence-electron chi connectivity index (χ3n) is 3.08. The number of thioether (sulfide) groups is 1. The highest BCUT2D eigenvalue weighted by Crippen LogP contribution is 2.22. The van der Waals surface area contributed by atoms with E-state index in [4.69, 9.17) is 16.7 Å². The van der Waals surface area contributed by atoms with Gasteiger partial charge in [0.25, 0.3) is 0 Å². The van der Waals surface area contributed by atoms with Gasteiger partial charge in [-0.3, -0.25) is 9.59 Å². The van der Waals surface area contributed by atoms with Gasteiger partial charge in [-0.25, -0.2) is 0 Å². The Morgan fingerprint density at radius 2 is 1.87 bits per heavy atom. The van der Waals surface area contributed by atoms with Crippen LogP contribution >= 0.6 is 23.4 Å². The standard InChI is InChI=1S/C17H16ClNO3S/c18-13-6-4-5-12(9-13)15(10-17(21)22)19-16(20)11-23-14-7-2-1-3-8-14/h1-9,15H,10-11H2,(H,19,20)(H,21,22)/t15-/m0/s1. The zero-order chi connectivity index (χ0) is 16.7. The first kappa shape index (κ1) is 17.4. The molecular formula is C17H16ClNO3S. The van der Waals surface area contributed by atoms with Crippen LogP contribution in [0.5, 0.6) is 0 Å². The van der Waals surface area contributed by atoms with Gasteiger partial charge < -0.3 is 10.4 Å². The molecule has 0 bridgehead atoms. The molecule has 1 atom stereocenters. The predicted molar refractivity (Wildman–Crippen MR) is 91.8 cm³/mol. The van der Waals surface area contributed by atoms with Crippen LogP contribution in [0.25, 0.3) is 0 Å². The summed E-state index contributed by atoms with van der Waals surface area (Å²) in [5, 5.41) is 12.3. The van der Waals surface area contributed by atoms with Crippen LogP contribution in [-0.2, 0) is 9.59 Å². The monoisotopic (exact) mass is 349 g/mol. The maximum atomic E-state index is 12.1. The Kier molecular flexibility index (Phi) is 6.50. The maximum absolute atomic E-state index is 12.1. The minimum absolute atomic E-state index is 0.192. The summed E-state index contributed by atoms with van der Waals surface area (Å²) < 4.78 is 0. The smallest absolute Gasteiger partial charge is 0.305 e. The lowest BCUT2D eigenvalue weighted by Crippen LogP contribution is -2.31. The van der Waals surface area contributed by atoms with E-state index in [1.807, 2.05) is 30.3 Å². The Labute approximate surface area is 143 Å². The quantitative estimate of drug-likeness (QED) is 0.747. The molecule has 1 amide bonds. The lowest BCUT2D eigenvalue weighted by Gasteiger charge is -2.17. The molecule has 120 valence electrons. The van der Waals surface area contributed by atoms with Gasteiger partial charge >= 0.3 is 5.97 Å². The molecule has 0 aliphatic carbocycles. The molecule has 6 heteroatoms. The summed E-state index contributed by atoms with van der Waals surface area (Å²) in [7, 11) is 0. The SMILES string of the molecule is O=C(O)C[C@H](NC(=O)CSc1ccccc1)c1cccc(Cl)c1. The summed E-state index contributed by atoms with van der Waals surface area (Å²) >= 11 is 7.34. The Morgan fingerprint density at radius 3 is 2.52 bits per heavy atom. The molecular weight excluding hydrogens is 334 g/mol. The van der Waals surface area contributed by atoms with E-state index in [9.17, 15) is 9.59 Å². The van der Waals surface area contributed by atoms with Crippen molar-refractivity contribution in [2.75, 3.05) is 5.75 Å². The van der Waals surface area contributed by atoms with Crippen LogP contribution in [0, 0.1) is 0 Å². The number of hydrogen-bond donors (Lipinski definition) is 2. The van der Waals surface area contributed by atoms with E-state index in [1.54, 1.807) is 24.3 Å². The highest BCUT2D eigenvalue weighted by atomic mass is 35.5. The van der Waals surface area contributed by atoms with Gasteiger partial charge in [0.15, 0.2) is 0 Å². The zero-order valence-corrected chi connectivity index (χ0v) is 13.8. The van der Waals surface area contributed by atoms with Crippen LogP contribution in [0.2, 0.25) is 5.02 Å². The molecule has 2 aromatic carbocycles. The molecule has 0 aliphatic heterocycles. The highest BCUT2D eigenvalue weighted by Gasteiger charge is 2.18. The van der Waals surface area contributed by atoms with Gasteiger partial charge in [-0.1, -0.05) is 41.9 Å². The number of carboxylic acid groups (broad SMARTS) is 1. The second kappa shape index (κ2) is 8.60. The molecule has 0 heterocycles. The Hall–Kier alpha value is -1.98. The summed E-state index contributed by atoms with van der Waals surface area (Å²) in [6, 6.07) is 15.8. The van der Waals surface area contributed by atoms with Gasteiger partial charge in [0, 0.05) is 9.92 Å². The summed E-state index contributed by atoms with van der Waals surface area (Å²) in [5.41, 5.74) is 0.679. The van der Waals surface area contributed by atoms with E-state index in [-0.39, 0.29) is 18.1 Å². The van der Waals surface area contributed by atoms with E-state index in [0.29, 0.717) is 10.6 Å². The van der Waals surface area contributed by atoms with E-state index in [1.165, 1.54) is 11.8 Å². The molecule has 23 heavy (non-hydrogen) atoms. The minimum Gasteiger partial charge on any atom is -0.481 e. The van der Waals surface area contributed by atoms with Crippen molar-refractivity contribution in [3.05, 3.63) is 65.2 Å². The topological polar surface area (TPSA) is 66.4 Å². The van der Waals surface area contributed by atoms with Crippen LogP contribution in [-0.4, -0.2) is 22.7 Å². The molecule has 2 N–H and O–H groups in total. The molecule has 0 unspecified atom stereocenters. The fourth-order valence-electron chi connectivity index (χ4n) is 2.05.